The first-order valence-electron chi connectivity index (χ1n) is 4.66. The number of fused-ring (bicyclic) bond motifs is 1. The molecule has 2 aromatic rings. The summed E-state index contributed by atoms with van der Waals surface area (Å²) in [6.45, 7) is 1.97. The van der Waals surface area contributed by atoms with Crippen molar-refractivity contribution in [2.45, 2.75) is 6.92 Å². The van der Waals surface area contributed by atoms with E-state index in [0.29, 0.717) is 11.5 Å². The number of aryl methyl sites for hydroxylation is 1. The molecule has 0 amide bonds. The summed E-state index contributed by atoms with van der Waals surface area (Å²) in [6.07, 6.45) is 0. The standard InChI is InChI=1S/C11H8N4O/c1-8-14-10-5-4-9(7-11(10)16-8)3-2-6-13-15-12/h4-5,7H,6H2,1H3. The molecule has 0 N–H and O–H groups in total. The minimum atomic E-state index is 0.171. The lowest BCUT2D eigenvalue weighted by Gasteiger charge is -1.88. The van der Waals surface area contributed by atoms with E-state index in [1.54, 1.807) is 6.92 Å². The lowest BCUT2D eigenvalue weighted by atomic mass is 10.2. The lowest BCUT2D eigenvalue weighted by Crippen LogP contribution is -1.75. The average molecular weight is 212 g/mol. The van der Waals surface area contributed by atoms with Crippen molar-refractivity contribution in [3.8, 4) is 11.8 Å². The van der Waals surface area contributed by atoms with Crippen molar-refractivity contribution in [2.24, 2.45) is 5.11 Å². The molecule has 0 bridgehead atoms. The Bertz CT molecular complexity index is 626. The Hall–Kier alpha value is -2.44. The van der Waals surface area contributed by atoms with E-state index in [0.717, 1.165) is 11.1 Å². The normalized spacial score (nSPS) is 9.31. The number of hydrogen-bond acceptors (Lipinski definition) is 3. The minimum Gasteiger partial charge on any atom is -0.441 e. The minimum absolute atomic E-state index is 0.171. The van der Waals surface area contributed by atoms with Crippen LogP contribution in [0.5, 0.6) is 0 Å². The Morgan fingerprint density at radius 3 is 3.25 bits per heavy atom. The predicted molar refractivity (Wildman–Crippen MR) is 59.6 cm³/mol. The molecule has 0 atom stereocenters. The van der Waals surface area contributed by atoms with E-state index in [9.17, 15) is 0 Å². The van der Waals surface area contributed by atoms with Gasteiger partial charge in [0.2, 0.25) is 0 Å². The molecule has 16 heavy (non-hydrogen) atoms. The lowest BCUT2D eigenvalue weighted by molar-refractivity contribution is 0.561. The molecule has 0 fully saturated rings. The maximum absolute atomic E-state index is 8.07. The summed E-state index contributed by atoms with van der Waals surface area (Å²) in [7, 11) is 0. The molecule has 0 radical (unpaired) electrons. The van der Waals surface area contributed by atoms with E-state index in [2.05, 4.69) is 26.9 Å². The highest BCUT2D eigenvalue weighted by Gasteiger charge is 2.01. The molecule has 0 aliphatic heterocycles. The van der Waals surface area contributed by atoms with Gasteiger partial charge >= 0.3 is 0 Å². The molecule has 5 heteroatoms. The monoisotopic (exact) mass is 212 g/mol. The quantitative estimate of drug-likeness (QED) is 0.315. The van der Waals surface area contributed by atoms with Gasteiger partial charge in [-0.05, 0) is 23.7 Å². The van der Waals surface area contributed by atoms with Crippen molar-refractivity contribution >= 4 is 11.1 Å². The third-order valence-corrected chi connectivity index (χ3v) is 1.94. The van der Waals surface area contributed by atoms with Crippen molar-refractivity contribution in [3.63, 3.8) is 0 Å². The molecule has 0 spiro atoms. The van der Waals surface area contributed by atoms with Crippen LogP contribution < -0.4 is 0 Å². The zero-order valence-electron chi connectivity index (χ0n) is 8.64. The van der Waals surface area contributed by atoms with E-state index in [-0.39, 0.29) is 6.54 Å². The Labute approximate surface area is 91.7 Å². The molecule has 0 saturated heterocycles. The third kappa shape index (κ3) is 2.14. The Kier molecular flexibility index (Phi) is 2.77. The van der Waals surface area contributed by atoms with Gasteiger partial charge in [-0.25, -0.2) is 4.98 Å². The molecule has 1 aromatic heterocycles. The molecule has 1 heterocycles. The largest absolute Gasteiger partial charge is 0.441 e. The summed E-state index contributed by atoms with van der Waals surface area (Å²) in [4.78, 5) is 6.80. The van der Waals surface area contributed by atoms with Gasteiger partial charge in [-0.2, -0.15) is 0 Å². The number of rotatable bonds is 1. The van der Waals surface area contributed by atoms with Crippen molar-refractivity contribution in [1.82, 2.24) is 4.98 Å². The van der Waals surface area contributed by atoms with Crippen LogP contribution in [0.3, 0.4) is 0 Å². The number of aromatic nitrogens is 1. The molecular formula is C11H8N4O. The molecule has 1 aromatic carbocycles. The summed E-state index contributed by atoms with van der Waals surface area (Å²) in [5.74, 6) is 6.25. The number of benzene rings is 1. The molecule has 0 saturated carbocycles. The second-order valence-electron chi connectivity index (χ2n) is 3.11. The number of oxazole rings is 1. The molecular weight excluding hydrogens is 204 g/mol. The first-order chi connectivity index (χ1) is 7.79. The van der Waals surface area contributed by atoms with Crippen LogP contribution in [-0.2, 0) is 0 Å². The zero-order valence-corrected chi connectivity index (χ0v) is 8.64. The Balaban J connectivity index is 2.30. The number of nitrogens with zero attached hydrogens (tertiary/aromatic N) is 4. The topological polar surface area (TPSA) is 74.8 Å². The van der Waals surface area contributed by atoms with Gasteiger partial charge in [0, 0.05) is 17.4 Å². The number of azide groups is 1. The fourth-order valence-electron chi connectivity index (χ4n) is 1.33. The summed E-state index contributed by atoms with van der Waals surface area (Å²) in [5.41, 5.74) is 10.4. The second kappa shape index (κ2) is 4.39. The van der Waals surface area contributed by atoms with Gasteiger partial charge in [0.25, 0.3) is 0 Å². The highest BCUT2D eigenvalue weighted by Crippen LogP contribution is 2.16. The molecule has 78 valence electrons. The van der Waals surface area contributed by atoms with Crippen LogP contribution >= 0.6 is 0 Å². The smallest absolute Gasteiger partial charge is 0.192 e. The Morgan fingerprint density at radius 2 is 2.44 bits per heavy atom. The van der Waals surface area contributed by atoms with E-state index < -0.39 is 0 Å². The first kappa shape index (κ1) is 10.1. The first-order valence-corrected chi connectivity index (χ1v) is 4.66. The van der Waals surface area contributed by atoms with Crippen LogP contribution in [-0.4, -0.2) is 11.5 Å². The molecule has 5 nitrogen and oxygen atoms in total. The van der Waals surface area contributed by atoms with Gasteiger partial charge in [-0.1, -0.05) is 17.0 Å². The van der Waals surface area contributed by atoms with Crippen LogP contribution in [0, 0.1) is 18.8 Å². The van der Waals surface area contributed by atoms with Gasteiger partial charge in [-0.15, -0.1) is 0 Å². The highest BCUT2D eigenvalue weighted by atomic mass is 16.3. The maximum Gasteiger partial charge on any atom is 0.192 e. The molecule has 0 aliphatic rings. The van der Waals surface area contributed by atoms with Gasteiger partial charge in [-0.3, -0.25) is 0 Å². The van der Waals surface area contributed by atoms with Gasteiger partial charge < -0.3 is 4.42 Å². The Morgan fingerprint density at radius 1 is 1.56 bits per heavy atom. The molecule has 2 rings (SSSR count). The summed E-state index contributed by atoms with van der Waals surface area (Å²) in [5, 5.41) is 3.32. The number of hydrogen-bond donors (Lipinski definition) is 0. The van der Waals surface area contributed by atoms with Gasteiger partial charge in [0.05, 0.1) is 6.54 Å². The fourth-order valence-corrected chi connectivity index (χ4v) is 1.33. The van der Waals surface area contributed by atoms with Crippen LogP contribution in [0.2, 0.25) is 0 Å². The van der Waals surface area contributed by atoms with Gasteiger partial charge in [0.15, 0.2) is 11.5 Å². The van der Waals surface area contributed by atoms with Crippen molar-refractivity contribution in [2.75, 3.05) is 6.54 Å². The average Bonchev–Trinajstić information content (AvgIpc) is 2.64. The fraction of sp³-hybridized carbons (Fsp3) is 0.182. The third-order valence-electron chi connectivity index (χ3n) is 1.94. The summed E-state index contributed by atoms with van der Waals surface area (Å²) >= 11 is 0. The van der Waals surface area contributed by atoms with Crippen molar-refractivity contribution in [3.05, 3.63) is 40.1 Å². The zero-order chi connectivity index (χ0) is 11.4. The van der Waals surface area contributed by atoms with Crippen LogP contribution in [0.15, 0.2) is 27.7 Å². The van der Waals surface area contributed by atoms with Crippen LogP contribution in [0.1, 0.15) is 11.5 Å². The van der Waals surface area contributed by atoms with Crippen molar-refractivity contribution in [1.29, 1.82) is 0 Å². The van der Waals surface area contributed by atoms with Crippen LogP contribution in [0.4, 0.5) is 0 Å². The maximum atomic E-state index is 8.07. The summed E-state index contributed by atoms with van der Waals surface area (Å²) in [6, 6.07) is 5.52. The van der Waals surface area contributed by atoms with E-state index in [1.807, 2.05) is 18.2 Å². The molecule has 0 unspecified atom stereocenters. The van der Waals surface area contributed by atoms with Crippen LogP contribution in [0.25, 0.3) is 21.5 Å². The molecule has 0 aliphatic carbocycles. The van der Waals surface area contributed by atoms with Crippen molar-refractivity contribution < 1.29 is 4.42 Å². The van der Waals surface area contributed by atoms with E-state index in [4.69, 9.17) is 9.95 Å². The van der Waals surface area contributed by atoms with Gasteiger partial charge in [0.1, 0.15) is 5.52 Å². The highest BCUT2D eigenvalue weighted by molar-refractivity contribution is 5.74. The SMILES string of the molecule is Cc1nc2ccc(C#CCN=[N+]=[N-])cc2o1. The summed E-state index contributed by atoms with van der Waals surface area (Å²) < 4.78 is 5.38. The van der Waals surface area contributed by atoms with E-state index in [1.165, 1.54) is 0 Å². The predicted octanol–water partition coefficient (Wildman–Crippen LogP) is 2.80. The van der Waals surface area contributed by atoms with E-state index >= 15 is 0 Å². The second-order valence-corrected chi connectivity index (χ2v) is 3.11.